The van der Waals surface area contributed by atoms with Gasteiger partial charge in [-0.1, -0.05) is 0 Å². The lowest BCUT2D eigenvalue weighted by atomic mass is 11.3. The molecule has 0 spiro atoms. The fraction of sp³-hybridized carbons (Fsp3) is 0. The highest BCUT2D eigenvalue weighted by Crippen LogP contribution is 1.74. The topological polar surface area (TPSA) is 89.6 Å². The Hall–Kier alpha value is -0.620. The molecule has 7 heavy (non-hydrogen) atoms. The van der Waals surface area contributed by atoms with Gasteiger partial charge in [0.15, 0.2) is 0 Å². The van der Waals surface area contributed by atoms with Crippen molar-refractivity contribution in [2.24, 2.45) is 5.73 Å². The molecule has 5 nitrogen and oxygen atoms in total. The molecule has 3 N–H and O–H groups in total. The van der Waals surface area contributed by atoms with Crippen LogP contribution >= 0.6 is 0 Å². The lowest BCUT2D eigenvalue weighted by Gasteiger charge is -1.86. The van der Waals surface area contributed by atoms with Gasteiger partial charge < -0.3 is 9.92 Å². The number of amides is 1. The molecular formula is CH3NO4S. The van der Waals surface area contributed by atoms with Gasteiger partial charge in [-0.2, -0.15) is 4.21 Å². The van der Waals surface area contributed by atoms with Gasteiger partial charge in [0.05, 0.1) is 0 Å². The van der Waals surface area contributed by atoms with Gasteiger partial charge in [0.25, 0.3) is 0 Å². The maximum atomic E-state index is 9.46. The molecule has 0 aliphatic heterocycles. The number of nitrogens with two attached hydrogens (primary N) is 1. The second kappa shape index (κ2) is 2.54. The highest BCUT2D eigenvalue weighted by molar-refractivity contribution is 7.74. The van der Waals surface area contributed by atoms with E-state index in [0.29, 0.717) is 0 Å². The Kier molecular flexibility index (Phi) is 2.31. The van der Waals surface area contributed by atoms with Crippen molar-refractivity contribution >= 4 is 17.5 Å². The van der Waals surface area contributed by atoms with Crippen LogP contribution in [0.15, 0.2) is 0 Å². The van der Waals surface area contributed by atoms with E-state index in [1.165, 1.54) is 0 Å². The van der Waals surface area contributed by atoms with Crippen LogP contribution in [0.4, 0.5) is 4.79 Å². The summed E-state index contributed by atoms with van der Waals surface area (Å²) in [5, 5.41) is 0. The van der Waals surface area contributed by atoms with Crippen molar-refractivity contribution in [2.45, 2.75) is 0 Å². The summed E-state index contributed by atoms with van der Waals surface area (Å²) in [6.07, 6.45) is -1.26. The smallest absolute Gasteiger partial charge is 0.334 e. The third kappa shape index (κ3) is 5.38. The van der Waals surface area contributed by atoms with Crippen molar-refractivity contribution < 1.29 is 17.7 Å². The van der Waals surface area contributed by atoms with Crippen LogP contribution in [0.3, 0.4) is 0 Å². The molecule has 0 fully saturated rings. The third-order valence-electron chi connectivity index (χ3n) is 0.153. The van der Waals surface area contributed by atoms with Gasteiger partial charge in [-0.3, -0.25) is 4.55 Å². The molecule has 1 amide bonds. The number of hydrogen-bond acceptors (Lipinski definition) is 3. The molecule has 0 aliphatic rings. The Balaban J connectivity index is 3.32. The molecular weight excluding hydrogens is 122 g/mol. The molecule has 1 unspecified atom stereocenters. The molecule has 0 rings (SSSR count). The Morgan fingerprint density at radius 3 is 2.29 bits per heavy atom. The second-order valence-electron chi connectivity index (χ2n) is 0.619. The largest absolute Gasteiger partial charge is 0.420 e. The summed E-state index contributed by atoms with van der Waals surface area (Å²) < 4.78 is 20.5. The normalized spacial score (nSPS) is 12.7. The van der Waals surface area contributed by atoms with E-state index in [9.17, 15) is 9.00 Å². The van der Waals surface area contributed by atoms with Gasteiger partial charge in [0.2, 0.25) is 0 Å². The van der Waals surface area contributed by atoms with Gasteiger partial charge in [0.1, 0.15) is 0 Å². The molecule has 0 aromatic heterocycles. The van der Waals surface area contributed by atoms with E-state index < -0.39 is 17.5 Å². The van der Waals surface area contributed by atoms with Crippen LogP contribution in [-0.4, -0.2) is 14.9 Å². The number of primary amides is 1. The predicted octanol–water partition coefficient (Wildman–Crippen LogP) is -0.782. The van der Waals surface area contributed by atoms with Crippen LogP contribution in [-0.2, 0) is 15.5 Å². The number of carbonyl (C=O) groups is 1. The standard InChI is InChI=1S/CH3NO4S/c2-1(3)6-7(4)5/h(H2,2,3)(H,4,5). The summed E-state index contributed by atoms with van der Waals surface area (Å²) >= 11 is -2.57. The van der Waals surface area contributed by atoms with Crippen LogP contribution in [0.1, 0.15) is 0 Å². The van der Waals surface area contributed by atoms with Crippen molar-refractivity contribution in [3.05, 3.63) is 0 Å². The lowest BCUT2D eigenvalue weighted by Crippen LogP contribution is -2.13. The molecule has 0 saturated carbocycles. The average Bonchev–Trinajstić information content (AvgIpc) is 1.27. The number of rotatable bonds is 1. The van der Waals surface area contributed by atoms with Gasteiger partial charge in [-0.25, -0.2) is 4.79 Å². The maximum Gasteiger partial charge on any atom is 0.420 e. The first-order chi connectivity index (χ1) is 3.13. The summed E-state index contributed by atoms with van der Waals surface area (Å²) in [6.45, 7) is 0. The van der Waals surface area contributed by atoms with Crippen LogP contribution in [0.5, 0.6) is 0 Å². The zero-order chi connectivity index (χ0) is 5.86. The van der Waals surface area contributed by atoms with E-state index in [4.69, 9.17) is 4.55 Å². The zero-order valence-corrected chi connectivity index (χ0v) is 3.97. The van der Waals surface area contributed by atoms with E-state index in [1.807, 2.05) is 0 Å². The third-order valence-corrected chi connectivity index (χ3v) is 0.460. The van der Waals surface area contributed by atoms with Gasteiger partial charge >= 0.3 is 17.5 Å². The first-order valence-electron chi connectivity index (χ1n) is 1.21. The highest BCUT2D eigenvalue weighted by atomic mass is 32.2. The van der Waals surface area contributed by atoms with E-state index in [1.54, 1.807) is 0 Å². The summed E-state index contributed by atoms with van der Waals surface area (Å²) in [5.41, 5.74) is 4.28. The summed E-state index contributed by atoms with van der Waals surface area (Å²) in [5.74, 6) is 0. The van der Waals surface area contributed by atoms with Crippen molar-refractivity contribution in [3.63, 3.8) is 0 Å². The quantitative estimate of drug-likeness (QED) is 0.450. The minimum atomic E-state index is -2.57. The van der Waals surface area contributed by atoms with Crippen molar-refractivity contribution in [1.29, 1.82) is 0 Å². The fourth-order valence-electron chi connectivity index (χ4n) is 0.0703. The van der Waals surface area contributed by atoms with E-state index in [2.05, 4.69) is 9.92 Å². The van der Waals surface area contributed by atoms with Crippen LogP contribution in [0.25, 0.3) is 0 Å². The molecule has 42 valence electrons. The Morgan fingerprint density at radius 2 is 2.29 bits per heavy atom. The molecule has 0 aliphatic carbocycles. The second-order valence-corrected chi connectivity index (χ2v) is 1.22. The van der Waals surface area contributed by atoms with Crippen LogP contribution < -0.4 is 5.73 Å². The minimum absolute atomic E-state index is 1.26. The molecule has 0 aromatic carbocycles. The van der Waals surface area contributed by atoms with E-state index >= 15 is 0 Å². The minimum Gasteiger partial charge on any atom is -0.334 e. The Labute approximate surface area is 41.9 Å². The molecule has 6 heteroatoms. The molecule has 0 saturated heterocycles. The van der Waals surface area contributed by atoms with Gasteiger partial charge in [-0.15, -0.1) is 0 Å². The van der Waals surface area contributed by atoms with Crippen molar-refractivity contribution in [1.82, 2.24) is 0 Å². The number of carbonyl (C=O) groups excluding carboxylic acids is 1. The summed E-state index contributed by atoms with van der Waals surface area (Å²) in [6, 6.07) is 0. The number of hydrogen-bond donors (Lipinski definition) is 2. The Bertz CT molecular complexity index is 87.9. The molecule has 0 heterocycles. The average molecular weight is 125 g/mol. The highest BCUT2D eigenvalue weighted by Gasteiger charge is 1.95. The van der Waals surface area contributed by atoms with Gasteiger partial charge in [-0.05, 0) is 0 Å². The molecule has 1 atom stereocenters. The maximum absolute atomic E-state index is 9.46. The van der Waals surface area contributed by atoms with Crippen molar-refractivity contribution in [3.8, 4) is 0 Å². The molecule has 0 aromatic rings. The van der Waals surface area contributed by atoms with Crippen LogP contribution in [0, 0.1) is 0 Å². The summed E-state index contributed by atoms with van der Waals surface area (Å²) in [4.78, 5) is 9.46. The van der Waals surface area contributed by atoms with Crippen molar-refractivity contribution in [2.75, 3.05) is 0 Å². The predicted molar refractivity (Wildman–Crippen MR) is 21.4 cm³/mol. The lowest BCUT2D eigenvalue weighted by molar-refractivity contribution is 0.211. The summed E-state index contributed by atoms with van der Waals surface area (Å²) in [7, 11) is 0. The first kappa shape index (κ1) is 6.38. The zero-order valence-electron chi connectivity index (χ0n) is 3.16. The fourth-order valence-corrected chi connectivity index (χ4v) is 0.211. The van der Waals surface area contributed by atoms with Gasteiger partial charge in [0, 0.05) is 0 Å². The van der Waals surface area contributed by atoms with E-state index in [0.717, 1.165) is 0 Å². The molecule has 0 bridgehead atoms. The SMILES string of the molecule is NC(=O)OS(=O)O. The monoisotopic (exact) mass is 125 g/mol. The van der Waals surface area contributed by atoms with E-state index in [-0.39, 0.29) is 0 Å². The Morgan fingerprint density at radius 1 is 1.86 bits per heavy atom. The van der Waals surface area contributed by atoms with Crippen LogP contribution in [0.2, 0.25) is 0 Å². The first-order valence-corrected chi connectivity index (χ1v) is 2.24. The molecule has 0 radical (unpaired) electrons.